The van der Waals surface area contributed by atoms with Crippen molar-refractivity contribution in [3.05, 3.63) is 28.3 Å². The van der Waals surface area contributed by atoms with Crippen molar-refractivity contribution >= 4 is 29.2 Å². The first kappa shape index (κ1) is 12.3. The molecule has 3 rings (SSSR count). The average molecular weight is 279 g/mol. The molecule has 1 aromatic carbocycles. The number of imidazole rings is 1. The minimum absolute atomic E-state index is 0.202. The summed E-state index contributed by atoms with van der Waals surface area (Å²) < 4.78 is 13.9. The van der Waals surface area contributed by atoms with Crippen molar-refractivity contribution in [1.29, 1.82) is 0 Å². The van der Waals surface area contributed by atoms with Crippen molar-refractivity contribution in [2.45, 2.75) is 31.7 Å². The van der Waals surface area contributed by atoms with Crippen molar-refractivity contribution < 1.29 is 9.18 Å². The number of halogens is 1. The van der Waals surface area contributed by atoms with E-state index in [9.17, 15) is 9.18 Å². The molecule has 2 aromatic rings. The van der Waals surface area contributed by atoms with Gasteiger partial charge in [0.2, 0.25) is 0 Å². The van der Waals surface area contributed by atoms with Crippen LogP contribution >= 0.6 is 12.2 Å². The van der Waals surface area contributed by atoms with Gasteiger partial charge in [0, 0.05) is 6.04 Å². The van der Waals surface area contributed by atoms with Crippen LogP contribution in [0.5, 0.6) is 0 Å². The van der Waals surface area contributed by atoms with Crippen LogP contribution in [0.25, 0.3) is 11.0 Å². The molecule has 4 nitrogen and oxygen atoms in total. The summed E-state index contributed by atoms with van der Waals surface area (Å²) >= 11 is 4.98. The normalized spacial score (nSPS) is 16.1. The van der Waals surface area contributed by atoms with Gasteiger partial charge in [0.25, 0.3) is 5.91 Å². The van der Waals surface area contributed by atoms with Gasteiger partial charge in [-0.3, -0.25) is 4.79 Å². The van der Waals surface area contributed by atoms with E-state index in [1.165, 1.54) is 12.1 Å². The number of hydrogen-bond donors (Lipinski definition) is 3. The second-order valence-electron chi connectivity index (χ2n) is 4.91. The van der Waals surface area contributed by atoms with E-state index in [4.69, 9.17) is 12.2 Å². The van der Waals surface area contributed by atoms with E-state index in [0.29, 0.717) is 21.4 Å². The number of nitrogens with one attached hydrogen (secondary N) is 3. The number of aromatic nitrogens is 2. The lowest BCUT2D eigenvalue weighted by Crippen LogP contribution is -2.32. The molecular weight excluding hydrogens is 265 g/mol. The standard InChI is InChI=1S/C13H14FN3OS/c14-7-5-9(11-10(6-7)16-13(19)17-11)12(18)15-8-3-1-2-4-8/h5-6,8H,1-4H2,(H,15,18)(H2,16,17,19). The summed E-state index contributed by atoms with van der Waals surface area (Å²) in [7, 11) is 0. The highest BCUT2D eigenvalue weighted by molar-refractivity contribution is 7.71. The van der Waals surface area contributed by atoms with Crippen molar-refractivity contribution in [1.82, 2.24) is 15.3 Å². The third kappa shape index (κ3) is 2.40. The van der Waals surface area contributed by atoms with Crippen molar-refractivity contribution in [3.8, 4) is 0 Å². The number of rotatable bonds is 2. The Hall–Kier alpha value is -1.69. The summed E-state index contributed by atoms with van der Waals surface area (Å²) in [4.78, 5) is 17.9. The van der Waals surface area contributed by atoms with Gasteiger partial charge in [-0.1, -0.05) is 12.8 Å². The van der Waals surface area contributed by atoms with Gasteiger partial charge < -0.3 is 15.3 Å². The Bertz CT molecular complexity index is 685. The van der Waals surface area contributed by atoms with Crippen LogP contribution < -0.4 is 5.32 Å². The summed E-state index contributed by atoms with van der Waals surface area (Å²) in [5, 5.41) is 2.95. The topological polar surface area (TPSA) is 60.7 Å². The molecular formula is C13H14FN3OS. The summed E-state index contributed by atoms with van der Waals surface area (Å²) in [6.07, 6.45) is 4.26. The number of carbonyl (C=O) groups excluding carboxylic acids is 1. The maximum absolute atomic E-state index is 13.5. The molecule has 1 aromatic heterocycles. The molecule has 1 saturated carbocycles. The molecule has 0 atom stereocenters. The fraction of sp³-hybridized carbons (Fsp3) is 0.385. The van der Waals surface area contributed by atoms with Crippen molar-refractivity contribution in [2.24, 2.45) is 0 Å². The van der Waals surface area contributed by atoms with E-state index < -0.39 is 5.82 Å². The van der Waals surface area contributed by atoms with Gasteiger partial charge in [0.1, 0.15) is 5.82 Å². The van der Waals surface area contributed by atoms with E-state index >= 15 is 0 Å². The lowest BCUT2D eigenvalue weighted by atomic mass is 10.1. The Balaban J connectivity index is 1.98. The fourth-order valence-corrected chi connectivity index (χ4v) is 2.83. The zero-order chi connectivity index (χ0) is 13.4. The first-order valence-corrected chi connectivity index (χ1v) is 6.77. The maximum atomic E-state index is 13.5. The number of hydrogen-bond acceptors (Lipinski definition) is 2. The molecule has 0 radical (unpaired) electrons. The second-order valence-corrected chi connectivity index (χ2v) is 5.32. The molecule has 1 aliphatic carbocycles. The van der Waals surface area contributed by atoms with E-state index in [-0.39, 0.29) is 11.9 Å². The number of fused-ring (bicyclic) bond motifs is 1. The van der Waals surface area contributed by atoms with Crippen LogP contribution in [0.4, 0.5) is 4.39 Å². The van der Waals surface area contributed by atoms with Crippen molar-refractivity contribution in [2.75, 3.05) is 0 Å². The molecule has 6 heteroatoms. The number of carbonyl (C=O) groups is 1. The van der Waals surface area contributed by atoms with Crippen molar-refractivity contribution in [3.63, 3.8) is 0 Å². The third-order valence-electron chi connectivity index (χ3n) is 3.52. The van der Waals surface area contributed by atoms with Crippen LogP contribution in [0.15, 0.2) is 12.1 Å². The van der Waals surface area contributed by atoms with Gasteiger partial charge in [-0.05, 0) is 37.2 Å². The Kier molecular flexibility index (Phi) is 3.10. The SMILES string of the molecule is O=C(NC1CCCC1)c1cc(F)cc2[nH]c(=S)[nH]c12. The zero-order valence-electron chi connectivity index (χ0n) is 10.3. The van der Waals surface area contributed by atoms with Gasteiger partial charge in [-0.2, -0.15) is 0 Å². The maximum Gasteiger partial charge on any atom is 0.253 e. The molecule has 1 aliphatic rings. The molecule has 0 aliphatic heterocycles. The Morgan fingerprint density at radius 3 is 2.79 bits per heavy atom. The predicted molar refractivity (Wildman–Crippen MR) is 73.2 cm³/mol. The fourth-order valence-electron chi connectivity index (χ4n) is 2.62. The molecule has 1 heterocycles. The van der Waals surface area contributed by atoms with E-state index in [1.807, 2.05) is 0 Å². The van der Waals surface area contributed by atoms with Crippen LogP contribution in [0.3, 0.4) is 0 Å². The van der Waals surface area contributed by atoms with E-state index in [1.54, 1.807) is 0 Å². The quantitative estimate of drug-likeness (QED) is 0.740. The Labute approximate surface area is 114 Å². The van der Waals surface area contributed by atoms with Gasteiger partial charge in [-0.15, -0.1) is 0 Å². The highest BCUT2D eigenvalue weighted by Gasteiger charge is 2.20. The molecule has 100 valence electrons. The third-order valence-corrected chi connectivity index (χ3v) is 3.73. The molecule has 1 amide bonds. The van der Waals surface area contributed by atoms with Gasteiger partial charge in [0.15, 0.2) is 4.77 Å². The molecule has 0 spiro atoms. The summed E-state index contributed by atoms with van der Waals surface area (Å²) in [5.74, 6) is -0.698. The molecule has 0 bridgehead atoms. The van der Waals surface area contributed by atoms with Gasteiger partial charge in [-0.25, -0.2) is 4.39 Å². The predicted octanol–water partition coefficient (Wildman–Crippen LogP) is 3.04. The lowest BCUT2D eigenvalue weighted by Gasteiger charge is -2.12. The smallest absolute Gasteiger partial charge is 0.253 e. The summed E-state index contributed by atoms with van der Waals surface area (Å²) in [6.45, 7) is 0. The highest BCUT2D eigenvalue weighted by atomic mass is 32.1. The zero-order valence-corrected chi connectivity index (χ0v) is 11.1. The largest absolute Gasteiger partial charge is 0.349 e. The van der Waals surface area contributed by atoms with Crippen LogP contribution in [0.1, 0.15) is 36.0 Å². The molecule has 0 saturated heterocycles. The van der Waals surface area contributed by atoms with E-state index in [0.717, 1.165) is 25.7 Å². The number of benzene rings is 1. The van der Waals surface area contributed by atoms with Crippen LogP contribution in [-0.2, 0) is 0 Å². The summed E-state index contributed by atoms with van der Waals surface area (Å²) in [6, 6.07) is 2.77. The van der Waals surface area contributed by atoms with Gasteiger partial charge in [0.05, 0.1) is 16.6 Å². The lowest BCUT2D eigenvalue weighted by molar-refractivity contribution is 0.0939. The van der Waals surface area contributed by atoms with Gasteiger partial charge >= 0.3 is 0 Å². The van der Waals surface area contributed by atoms with Crippen LogP contribution in [0, 0.1) is 10.6 Å². The molecule has 0 unspecified atom stereocenters. The second kappa shape index (κ2) is 4.77. The highest BCUT2D eigenvalue weighted by Crippen LogP contribution is 2.21. The number of amides is 1. The average Bonchev–Trinajstić information content (AvgIpc) is 2.96. The first-order valence-electron chi connectivity index (χ1n) is 6.36. The Morgan fingerprint density at radius 1 is 1.32 bits per heavy atom. The number of aromatic amines is 2. The summed E-state index contributed by atoms with van der Waals surface area (Å²) in [5.41, 5.74) is 1.37. The number of H-pyrrole nitrogens is 2. The monoisotopic (exact) mass is 279 g/mol. The molecule has 3 N–H and O–H groups in total. The molecule has 1 fully saturated rings. The Morgan fingerprint density at radius 2 is 2.05 bits per heavy atom. The minimum Gasteiger partial charge on any atom is -0.349 e. The van der Waals surface area contributed by atoms with E-state index in [2.05, 4.69) is 15.3 Å². The van der Waals surface area contributed by atoms with Crippen LogP contribution in [-0.4, -0.2) is 21.9 Å². The van der Waals surface area contributed by atoms with Crippen LogP contribution in [0.2, 0.25) is 0 Å². The first-order chi connectivity index (χ1) is 9.13. The molecule has 19 heavy (non-hydrogen) atoms. The minimum atomic E-state index is -0.450.